The van der Waals surface area contributed by atoms with E-state index in [0.717, 1.165) is 18.2 Å². The van der Waals surface area contributed by atoms with Crippen LogP contribution in [0.3, 0.4) is 0 Å². The number of rotatable bonds is 6. The first-order chi connectivity index (χ1) is 15.4. The van der Waals surface area contributed by atoms with Gasteiger partial charge in [0.2, 0.25) is 0 Å². The lowest BCUT2D eigenvalue weighted by Gasteiger charge is -2.16. The molecule has 4 rings (SSSR count). The maximum absolute atomic E-state index is 14.5. The molecule has 0 unspecified atom stereocenters. The molecule has 0 aliphatic carbocycles. The predicted octanol–water partition coefficient (Wildman–Crippen LogP) is 4.38. The molecular weight excluding hydrogens is 418 g/mol. The summed E-state index contributed by atoms with van der Waals surface area (Å²) >= 11 is 0. The van der Waals surface area contributed by atoms with Gasteiger partial charge in [0.05, 0.1) is 25.5 Å². The smallest absolute Gasteiger partial charge is 0.282 e. The van der Waals surface area contributed by atoms with Crippen LogP contribution in [0.15, 0.2) is 72.4 Å². The van der Waals surface area contributed by atoms with E-state index >= 15 is 0 Å². The average Bonchev–Trinajstić information content (AvgIpc) is 3.05. The summed E-state index contributed by atoms with van der Waals surface area (Å²) in [6.07, 6.45) is 0. The van der Waals surface area contributed by atoms with Gasteiger partial charge in [-0.3, -0.25) is 9.59 Å². The molecule has 0 bridgehead atoms. The largest absolute Gasteiger partial charge is 0.497 e. The maximum atomic E-state index is 14.5. The van der Waals surface area contributed by atoms with E-state index in [0.29, 0.717) is 27.6 Å². The molecule has 1 aliphatic heterocycles. The lowest BCUT2D eigenvalue weighted by molar-refractivity contribution is -0.120. The number of halogens is 2. The lowest BCUT2D eigenvalue weighted by Crippen LogP contribution is -2.33. The fraction of sp³-hybridized carbons (Fsp3) is 0.0833. The summed E-state index contributed by atoms with van der Waals surface area (Å²) in [5.41, 5.74) is 0.428. The quantitative estimate of drug-likeness (QED) is 0.581. The van der Waals surface area contributed by atoms with Crippen molar-refractivity contribution < 1.29 is 27.8 Å². The summed E-state index contributed by atoms with van der Waals surface area (Å²) in [4.78, 5) is 27.2. The van der Waals surface area contributed by atoms with Crippen molar-refractivity contribution in [2.75, 3.05) is 24.4 Å². The van der Waals surface area contributed by atoms with Gasteiger partial charge >= 0.3 is 0 Å². The zero-order valence-electron chi connectivity index (χ0n) is 17.2. The van der Waals surface area contributed by atoms with Crippen LogP contribution < -0.4 is 19.7 Å². The normalized spacial score (nSPS) is 13.6. The van der Waals surface area contributed by atoms with Crippen LogP contribution in [-0.2, 0) is 9.59 Å². The van der Waals surface area contributed by atoms with Crippen molar-refractivity contribution in [2.45, 2.75) is 0 Å². The molecule has 1 aliphatic rings. The minimum atomic E-state index is -0.895. The number of carbonyl (C=O) groups is 2. The number of anilines is 2. The molecule has 0 aromatic heterocycles. The van der Waals surface area contributed by atoms with Crippen molar-refractivity contribution in [1.29, 1.82) is 0 Å². The summed E-state index contributed by atoms with van der Waals surface area (Å²) in [5, 5.41) is 2.95. The van der Waals surface area contributed by atoms with Crippen molar-refractivity contribution >= 4 is 28.8 Å². The van der Waals surface area contributed by atoms with Gasteiger partial charge < -0.3 is 14.8 Å². The van der Waals surface area contributed by atoms with Crippen LogP contribution in [0.25, 0.3) is 5.57 Å². The van der Waals surface area contributed by atoms with Crippen molar-refractivity contribution in [2.24, 2.45) is 0 Å². The van der Waals surface area contributed by atoms with E-state index in [1.165, 1.54) is 14.2 Å². The van der Waals surface area contributed by atoms with E-state index in [2.05, 4.69) is 5.32 Å². The van der Waals surface area contributed by atoms with Gasteiger partial charge in [0.1, 0.15) is 28.8 Å². The van der Waals surface area contributed by atoms with Gasteiger partial charge in [0.25, 0.3) is 11.8 Å². The highest BCUT2D eigenvalue weighted by Crippen LogP contribution is 2.35. The van der Waals surface area contributed by atoms with Gasteiger partial charge in [-0.2, -0.15) is 0 Å². The molecule has 1 heterocycles. The molecule has 0 radical (unpaired) electrons. The number of methoxy groups -OCH3 is 2. The first-order valence-corrected chi connectivity index (χ1v) is 9.56. The third kappa shape index (κ3) is 3.78. The van der Waals surface area contributed by atoms with E-state index in [1.54, 1.807) is 48.5 Å². The Kier molecular flexibility index (Phi) is 5.59. The first-order valence-electron chi connectivity index (χ1n) is 9.56. The second-order valence-electron chi connectivity index (χ2n) is 6.87. The van der Waals surface area contributed by atoms with Crippen LogP contribution in [0.4, 0.5) is 20.2 Å². The van der Waals surface area contributed by atoms with Gasteiger partial charge in [-0.15, -0.1) is 0 Å². The van der Waals surface area contributed by atoms with E-state index in [4.69, 9.17) is 9.47 Å². The Morgan fingerprint density at radius 2 is 1.38 bits per heavy atom. The molecule has 0 atom stereocenters. The zero-order chi connectivity index (χ0) is 22.8. The summed E-state index contributed by atoms with van der Waals surface area (Å²) < 4.78 is 38.5. The molecule has 0 spiro atoms. The monoisotopic (exact) mass is 436 g/mol. The van der Waals surface area contributed by atoms with Crippen LogP contribution in [-0.4, -0.2) is 26.0 Å². The Morgan fingerprint density at radius 3 is 1.97 bits per heavy atom. The van der Waals surface area contributed by atoms with Crippen LogP contribution in [0.2, 0.25) is 0 Å². The number of hydrogen-bond acceptors (Lipinski definition) is 5. The van der Waals surface area contributed by atoms with Crippen molar-refractivity contribution in [3.8, 4) is 11.5 Å². The number of ether oxygens (including phenoxy) is 2. The van der Waals surface area contributed by atoms with E-state index in [1.807, 2.05) is 0 Å². The number of hydrogen-bond donors (Lipinski definition) is 1. The minimum Gasteiger partial charge on any atom is -0.497 e. The highest BCUT2D eigenvalue weighted by molar-refractivity contribution is 6.46. The predicted molar refractivity (Wildman–Crippen MR) is 115 cm³/mol. The maximum Gasteiger partial charge on any atom is 0.282 e. The molecule has 2 amide bonds. The third-order valence-corrected chi connectivity index (χ3v) is 4.97. The lowest BCUT2D eigenvalue weighted by atomic mass is 10.0. The third-order valence-electron chi connectivity index (χ3n) is 4.97. The average molecular weight is 436 g/mol. The van der Waals surface area contributed by atoms with Crippen molar-refractivity contribution in [3.63, 3.8) is 0 Å². The fourth-order valence-corrected chi connectivity index (χ4v) is 3.37. The second kappa shape index (κ2) is 8.50. The molecule has 3 aromatic carbocycles. The zero-order valence-corrected chi connectivity index (χ0v) is 17.2. The number of carbonyl (C=O) groups excluding carboxylic acids is 2. The van der Waals surface area contributed by atoms with Gasteiger partial charge in [-0.1, -0.05) is 12.1 Å². The molecule has 32 heavy (non-hydrogen) atoms. The second-order valence-corrected chi connectivity index (χ2v) is 6.87. The SMILES string of the molecule is COc1ccc(NC2=C(c3ccc(OC)cc3)C(=O)N(c3cc(F)ccc3F)C2=O)cc1. The van der Waals surface area contributed by atoms with E-state index in [9.17, 15) is 18.4 Å². The molecule has 0 saturated heterocycles. The number of imide groups is 1. The molecular formula is C24H18F2N2O4. The number of nitrogens with zero attached hydrogens (tertiary/aromatic N) is 1. The standard InChI is InChI=1S/C24H18F2N2O4/c1-31-17-8-3-14(4-9-17)21-22(27-16-6-10-18(32-2)11-7-16)24(30)28(23(21)29)20-13-15(25)5-12-19(20)26/h3-13,27H,1-2H3. The van der Waals surface area contributed by atoms with Crippen LogP contribution in [0, 0.1) is 11.6 Å². The Morgan fingerprint density at radius 1 is 0.781 bits per heavy atom. The summed E-state index contributed by atoms with van der Waals surface area (Å²) in [6.45, 7) is 0. The van der Waals surface area contributed by atoms with E-state index < -0.39 is 29.1 Å². The summed E-state index contributed by atoms with van der Waals surface area (Å²) in [5.74, 6) is -2.08. The highest BCUT2D eigenvalue weighted by Gasteiger charge is 2.41. The van der Waals surface area contributed by atoms with Gasteiger partial charge in [0.15, 0.2) is 0 Å². The molecule has 6 nitrogen and oxygen atoms in total. The molecule has 0 saturated carbocycles. The number of benzene rings is 3. The molecule has 8 heteroatoms. The Balaban J connectivity index is 1.81. The van der Waals surface area contributed by atoms with Crippen LogP contribution >= 0.6 is 0 Å². The fourth-order valence-electron chi connectivity index (χ4n) is 3.37. The van der Waals surface area contributed by atoms with Gasteiger partial charge in [-0.25, -0.2) is 13.7 Å². The van der Waals surface area contributed by atoms with Crippen molar-refractivity contribution in [3.05, 3.63) is 89.6 Å². The highest BCUT2D eigenvalue weighted by atomic mass is 19.1. The Bertz CT molecular complexity index is 1220. The topological polar surface area (TPSA) is 67.9 Å². The molecule has 0 fully saturated rings. The Labute approximate surface area is 182 Å². The van der Waals surface area contributed by atoms with Gasteiger partial charge in [-0.05, 0) is 54.1 Å². The minimum absolute atomic E-state index is 0.0251. The summed E-state index contributed by atoms with van der Waals surface area (Å²) in [6, 6.07) is 15.8. The number of nitrogens with one attached hydrogen (secondary N) is 1. The van der Waals surface area contributed by atoms with Gasteiger partial charge in [0, 0.05) is 11.8 Å². The molecule has 162 valence electrons. The van der Waals surface area contributed by atoms with Crippen molar-refractivity contribution in [1.82, 2.24) is 0 Å². The first kappa shape index (κ1) is 21.0. The molecule has 3 aromatic rings. The van der Waals surface area contributed by atoms with Crippen LogP contribution in [0.1, 0.15) is 5.56 Å². The Hall–Kier alpha value is -4.20. The number of amides is 2. The van der Waals surface area contributed by atoms with Crippen LogP contribution in [0.5, 0.6) is 11.5 Å². The molecule has 1 N–H and O–H groups in total. The summed E-state index contributed by atoms with van der Waals surface area (Å²) in [7, 11) is 3.03. The van der Waals surface area contributed by atoms with E-state index in [-0.39, 0.29) is 11.3 Å².